The van der Waals surface area contributed by atoms with Gasteiger partial charge in [0, 0.05) is 17.1 Å². The topological polar surface area (TPSA) is 93.7 Å². The first-order valence-electron chi connectivity index (χ1n) is 10.6. The zero-order valence-corrected chi connectivity index (χ0v) is 19.5. The van der Waals surface area contributed by atoms with Gasteiger partial charge in [0.2, 0.25) is 0 Å². The molecular weight excluding hydrogens is 452 g/mol. The van der Waals surface area contributed by atoms with E-state index >= 15 is 0 Å². The first kappa shape index (κ1) is 23.1. The summed E-state index contributed by atoms with van der Waals surface area (Å²) >= 11 is 0. The Kier molecular flexibility index (Phi) is 6.70. The highest BCUT2D eigenvalue weighted by Gasteiger charge is 2.18. The van der Waals surface area contributed by atoms with Gasteiger partial charge in [0.05, 0.1) is 17.7 Å². The number of methoxy groups -OCH3 is 1. The standard InChI is InChI=1S/C26H24N2O5S/c1-18(33-22-10-6-9-21(17-22)32-2)26(29)27-20-13-15-23(16-14-20)34(30,31)28-25-12-5-8-19-7-3-4-11-24(19)25/h3-18,28H,1-2H3,(H,27,29)/t18-/m1/s1. The highest BCUT2D eigenvalue weighted by atomic mass is 32.2. The Morgan fingerprint density at radius 2 is 1.53 bits per heavy atom. The van der Waals surface area contributed by atoms with Crippen molar-refractivity contribution in [3.63, 3.8) is 0 Å². The Balaban J connectivity index is 1.43. The summed E-state index contributed by atoms with van der Waals surface area (Å²) in [6.07, 6.45) is -0.774. The normalized spacial score (nSPS) is 12.1. The third kappa shape index (κ3) is 5.29. The van der Waals surface area contributed by atoms with Gasteiger partial charge in [-0.1, -0.05) is 42.5 Å². The van der Waals surface area contributed by atoms with Crippen molar-refractivity contribution < 1.29 is 22.7 Å². The number of hydrogen-bond acceptors (Lipinski definition) is 5. The van der Waals surface area contributed by atoms with Gasteiger partial charge in [0.25, 0.3) is 15.9 Å². The Bertz CT molecular complexity index is 1410. The van der Waals surface area contributed by atoms with Crippen molar-refractivity contribution in [1.82, 2.24) is 0 Å². The fourth-order valence-electron chi connectivity index (χ4n) is 3.41. The monoisotopic (exact) mass is 476 g/mol. The second kappa shape index (κ2) is 9.84. The van der Waals surface area contributed by atoms with E-state index < -0.39 is 16.1 Å². The molecule has 0 bridgehead atoms. The van der Waals surface area contributed by atoms with E-state index in [-0.39, 0.29) is 10.8 Å². The molecule has 4 aromatic rings. The molecule has 0 saturated carbocycles. The second-order valence-electron chi connectivity index (χ2n) is 7.58. The fourth-order valence-corrected chi connectivity index (χ4v) is 4.49. The molecule has 0 aliphatic heterocycles. The van der Waals surface area contributed by atoms with Crippen LogP contribution in [0.2, 0.25) is 0 Å². The Labute approximate surface area is 198 Å². The van der Waals surface area contributed by atoms with E-state index in [9.17, 15) is 13.2 Å². The average molecular weight is 477 g/mol. The van der Waals surface area contributed by atoms with Gasteiger partial charge in [-0.05, 0) is 54.8 Å². The zero-order chi connectivity index (χ0) is 24.1. The van der Waals surface area contributed by atoms with E-state index in [1.165, 1.54) is 24.3 Å². The number of rotatable bonds is 8. The lowest BCUT2D eigenvalue weighted by Gasteiger charge is -2.15. The highest BCUT2D eigenvalue weighted by Crippen LogP contribution is 2.26. The lowest BCUT2D eigenvalue weighted by Crippen LogP contribution is -2.30. The molecule has 2 N–H and O–H groups in total. The number of anilines is 2. The molecule has 174 valence electrons. The van der Waals surface area contributed by atoms with E-state index in [1.807, 2.05) is 30.3 Å². The molecular formula is C26H24N2O5S. The molecule has 0 heterocycles. The van der Waals surface area contributed by atoms with E-state index in [2.05, 4.69) is 10.0 Å². The smallest absolute Gasteiger partial charge is 0.265 e. The number of ether oxygens (including phenoxy) is 2. The van der Waals surface area contributed by atoms with Gasteiger partial charge in [0.15, 0.2) is 6.10 Å². The van der Waals surface area contributed by atoms with Crippen molar-refractivity contribution in [3.8, 4) is 11.5 Å². The predicted molar refractivity (Wildman–Crippen MR) is 133 cm³/mol. The van der Waals surface area contributed by atoms with Crippen LogP contribution in [0.3, 0.4) is 0 Å². The molecule has 0 aliphatic rings. The lowest BCUT2D eigenvalue weighted by atomic mass is 10.1. The molecule has 4 rings (SSSR count). The van der Waals surface area contributed by atoms with Crippen molar-refractivity contribution in [2.45, 2.75) is 17.9 Å². The van der Waals surface area contributed by atoms with Crippen LogP contribution in [-0.2, 0) is 14.8 Å². The molecule has 0 saturated heterocycles. The van der Waals surface area contributed by atoms with E-state index in [1.54, 1.807) is 50.4 Å². The van der Waals surface area contributed by atoms with Gasteiger partial charge in [-0.2, -0.15) is 0 Å². The Morgan fingerprint density at radius 1 is 0.853 bits per heavy atom. The summed E-state index contributed by atoms with van der Waals surface area (Å²) in [5.74, 6) is 0.759. The zero-order valence-electron chi connectivity index (χ0n) is 18.7. The van der Waals surface area contributed by atoms with Crippen molar-refractivity contribution in [2.24, 2.45) is 0 Å². The molecule has 7 nitrogen and oxygen atoms in total. The molecule has 0 aromatic heterocycles. The van der Waals surface area contributed by atoms with Crippen LogP contribution in [-0.4, -0.2) is 27.5 Å². The lowest BCUT2D eigenvalue weighted by molar-refractivity contribution is -0.122. The molecule has 0 fully saturated rings. The minimum Gasteiger partial charge on any atom is -0.497 e. The van der Waals surface area contributed by atoms with Crippen LogP contribution < -0.4 is 19.5 Å². The third-order valence-electron chi connectivity index (χ3n) is 5.19. The molecule has 0 radical (unpaired) electrons. The van der Waals surface area contributed by atoms with Crippen molar-refractivity contribution >= 4 is 38.1 Å². The summed E-state index contributed by atoms with van der Waals surface area (Å²) in [6.45, 7) is 1.63. The molecule has 1 amide bonds. The minimum atomic E-state index is -3.81. The van der Waals surface area contributed by atoms with Crippen LogP contribution >= 0.6 is 0 Å². The fraction of sp³-hybridized carbons (Fsp3) is 0.115. The van der Waals surface area contributed by atoms with Crippen molar-refractivity contribution in [1.29, 1.82) is 0 Å². The van der Waals surface area contributed by atoms with E-state index in [0.717, 1.165) is 10.8 Å². The summed E-state index contributed by atoms with van der Waals surface area (Å²) in [5.41, 5.74) is 0.953. The van der Waals surface area contributed by atoms with Crippen LogP contribution in [0.25, 0.3) is 10.8 Å². The molecule has 0 spiro atoms. The van der Waals surface area contributed by atoms with Crippen LogP contribution in [0.15, 0.2) is 95.9 Å². The number of amides is 1. The summed E-state index contributed by atoms with van der Waals surface area (Å²) in [5, 5.41) is 4.48. The SMILES string of the molecule is COc1cccc(O[C@H](C)C(=O)Nc2ccc(S(=O)(=O)Nc3cccc4ccccc34)cc2)c1. The van der Waals surface area contributed by atoms with Gasteiger partial charge in [-0.25, -0.2) is 8.42 Å². The summed E-state index contributed by atoms with van der Waals surface area (Å²) in [4.78, 5) is 12.6. The van der Waals surface area contributed by atoms with Gasteiger partial charge in [-0.15, -0.1) is 0 Å². The number of carbonyl (C=O) groups is 1. The summed E-state index contributed by atoms with van der Waals surface area (Å²) in [7, 11) is -2.26. The minimum absolute atomic E-state index is 0.0825. The number of nitrogens with one attached hydrogen (secondary N) is 2. The van der Waals surface area contributed by atoms with Gasteiger partial charge in [0.1, 0.15) is 11.5 Å². The van der Waals surface area contributed by atoms with Gasteiger partial charge < -0.3 is 14.8 Å². The molecule has 34 heavy (non-hydrogen) atoms. The number of benzene rings is 4. The predicted octanol–water partition coefficient (Wildman–Crippen LogP) is 5.06. The molecule has 8 heteroatoms. The number of hydrogen-bond donors (Lipinski definition) is 2. The van der Waals surface area contributed by atoms with Gasteiger partial charge in [-0.3, -0.25) is 9.52 Å². The number of carbonyl (C=O) groups excluding carboxylic acids is 1. The number of fused-ring (bicyclic) bond motifs is 1. The Hall–Kier alpha value is -4.04. The van der Waals surface area contributed by atoms with E-state index in [0.29, 0.717) is 22.9 Å². The first-order valence-corrected chi connectivity index (χ1v) is 12.1. The van der Waals surface area contributed by atoms with Crippen molar-refractivity contribution in [2.75, 3.05) is 17.1 Å². The quantitative estimate of drug-likeness (QED) is 0.371. The van der Waals surface area contributed by atoms with Crippen molar-refractivity contribution in [3.05, 3.63) is 91.0 Å². The van der Waals surface area contributed by atoms with Crippen LogP contribution in [0.4, 0.5) is 11.4 Å². The third-order valence-corrected chi connectivity index (χ3v) is 6.57. The van der Waals surface area contributed by atoms with Gasteiger partial charge >= 0.3 is 0 Å². The molecule has 4 aromatic carbocycles. The van der Waals surface area contributed by atoms with Crippen LogP contribution in [0, 0.1) is 0 Å². The molecule has 0 unspecified atom stereocenters. The van der Waals surface area contributed by atoms with Crippen LogP contribution in [0.1, 0.15) is 6.92 Å². The maximum absolute atomic E-state index is 12.9. The first-order chi connectivity index (χ1) is 16.4. The highest BCUT2D eigenvalue weighted by molar-refractivity contribution is 7.92. The maximum Gasteiger partial charge on any atom is 0.265 e. The molecule has 0 aliphatic carbocycles. The average Bonchev–Trinajstić information content (AvgIpc) is 2.84. The second-order valence-corrected chi connectivity index (χ2v) is 9.27. The largest absolute Gasteiger partial charge is 0.497 e. The summed E-state index contributed by atoms with van der Waals surface area (Å²) < 4.78 is 39.3. The van der Waals surface area contributed by atoms with Crippen LogP contribution in [0.5, 0.6) is 11.5 Å². The van der Waals surface area contributed by atoms with E-state index in [4.69, 9.17) is 9.47 Å². The Morgan fingerprint density at radius 3 is 2.29 bits per heavy atom. The number of sulfonamides is 1. The summed E-state index contributed by atoms with van der Waals surface area (Å²) in [6, 6.07) is 25.9. The molecule has 1 atom stereocenters. The maximum atomic E-state index is 12.9.